The lowest BCUT2D eigenvalue weighted by Gasteiger charge is -2.40. The standard InChI is InChI=1S/C30H32N6O4/c1-29(10-11-29)28(40)34-14-12-30(2,13-15-34)35-17-19(32-33-35)16-18-6-7-22-25-20(18)4-3-5-21(25)27(39)36(22)23-8-9-24(37)31-26(23)38/h3-7,17,23H,8-16H2,1-2H3,(H,31,37,38). The van der Waals surface area contributed by atoms with E-state index in [9.17, 15) is 19.2 Å². The summed E-state index contributed by atoms with van der Waals surface area (Å²) in [5, 5.41) is 13.1. The highest BCUT2D eigenvalue weighted by Crippen LogP contribution is 2.47. The topological polar surface area (TPSA) is 118 Å². The number of anilines is 1. The van der Waals surface area contributed by atoms with Crippen LogP contribution in [0, 0.1) is 5.41 Å². The van der Waals surface area contributed by atoms with E-state index >= 15 is 0 Å². The number of hydrogen-bond donors (Lipinski definition) is 1. The van der Waals surface area contributed by atoms with E-state index in [0.29, 0.717) is 24.1 Å². The lowest BCUT2D eigenvalue weighted by atomic mass is 9.89. The van der Waals surface area contributed by atoms with Crippen molar-refractivity contribution in [3.05, 3.63) is 53.3 Å². The number of nitrogens with one attached hydrogen (secondary N) is 1. The summed E-state index contributed by atoms with van der Waals surface area (Å²) >= 11 is 0. The van der Waals surface area contributed by atoms with Crippen molar-refractivity contribution < 1.29 is 19.2 Å². The predicted octanol–water partition coefficient (Wildman–Crippen LogP) is 2.93. The molecule has 1 N–H and O–H groups in total. The van der Waals surface area contributed by atoms with Gasteiger partial charge < -0.3 is 4.90 Å². The highest BCUT2D eigenvalue weighted by atomic mass is 16.2. The first-order valence-corrected chi connectivity index (χ1v) is 14.1. The maximum atomic E-state index is 13.4. The maximum Gasteiger partial charge on any atom is 0.259 e. The fourth-order valence-corrected chi connectivity index (χ4v) is 6.50. The lowest BCUT2D eigenvalue weighted by Crippen LogP contribution is -2.53. The van der Waals surface area contributed by atoms with E-state index in [1.807, 2.05) is 40.0 Å². The zero-order valence-electron chi connectivity index (χ0n) is 22.8. The van der Waals surface area contributed by atoms with E-state index in [0.717, 1.165) is 60.8 Å². The second kappa shape index (κ2) is 8.71. The maximum absolute atomic E-state index is 13.4. The number of amides is 4. The minimum atomic E-state index is -0.707. The molecule has 3 aliphatic heterocycles. The number of aromatic nitrogens is 3. The highest BCUT2D eigenvalue weighted by Gasteiger charge is 2.48. The lowest BCUT2D eigenvalue weighted by molar-refractivity contribution is -0.138. The van der Waals surface area contributed by atoms with Gasteiger partial charge in [0.1, 0.15) is 6.04 Å². The van der Waals surface area contributed by atoms with Crippen LogP contribution in [0.3, 0.4) is 0 Å². The van der Waals surface area contributed by atoms with Crippen LogP contribution in [-0.4, -0.2) is 62.7 Å². The van der Waals surface area contributed by atoms with E-state index in [2.05, 4.69) is 29.5 Å². The number of likely N-dealkylation sites (tertiary alicyclic amines) is 1. The first-order valence-electron chi connectivity index (χ1n) is 14.1. The van der Waals surface area contributed by atoms with E-state index in [1.54, 1.807) is 11.0 Å². The monoisotopic (exact) mass is 540 g/mol. The van der Waals surface area contributed by atoms with Gasteiger partial charge in [-0.3, -0.25) is 29.4 Å². The van der Waals surface area contributed by atoms with Gasteiger partial charge in [-0.05, 0) is 62.1 Å². The number of carbonyl (C=O) groups is 4. The number of nitrogens with zero attached hydrogens (tertiary/aromatic N) is 5. The normalized spacial score (nSPS) is 23.1. The quantitative estimate of drug-likeness (QED) is 0.498. The van der Waals surface area contributed by atoms with Crippen molar-refractivity contribution in [2.75, 3.05) is 18.0 Å². The molecule has 1 unspecified atom stereocenters. The van der Waals surface area contributed by atoms with E-state index in [-0.39, 0.29) is 35.1 Å². The van der Waals surface area contributed by atoms with Crippen LogP contribution in [0.5, 0.6) is 0 Å². The smallest absolute Gasteiger partial charge is 0.259 e. The van der Waals surface area contributed by atoms with Crippen LogP contribution in [0.15, 0.2) is 36.5 Å². The van der Waals surface area contributed by atoms with Gasteiger partial charge in [0.25, 0.3) is 5.91 Å². The van der Waals surface area contributed by atoms with Crippen molar-refractivity contribution in [1.29, 1.82) is 0 Å². The molecule has 1 saturated carbocycles. The molecule has 4 amide bonds. The molecule has 1 aromatic heterocycles. The van der Waals surface area contributed by atoms with Crippen LogP contribution in [0.1, 0.15) is 74.0 Å². The molecule has 4 heterocycles. The van der Waals surface area contributed by atoms with Gasteiger partial charge in [-0.2, -0.15) is 0 Å². The summed E-state index contributed by atoms with van der Waals surface area (Å²) in [6, 6.07) is 8.84. The summed E-state index contributed by atoms with van der Waals surface area (Å²) < 4.78 is 1.96. The third-order valence-electron chi connectivity index (χ3n) is 9.45. The molecule has 3 fully saturated rings. The third kappa shape index (κ3) is 3.83. The second-order valence-corrected chi connectivity index (χ2v) is 12.3. The van der Waals surface area contributed by atoms with Gasteiger partial charge in [-0.15, -0.1) is 5.10 Å². The fourth-order valence-electron chi connectivity index (χ4n) is 6.50. The summed E-state index contributed by atoms with van der Waals surface area (Å²) in [4.78, 5) is 54.1. The molecule has 10 nitrogen and oxygen atoms in total. The van der Waals surface area contributed by atoms with Gasteiger partial charge >= 0.3 is 0 Å². The van der Waals surface area contributed by atoms with E-state index in [1.165, 1.54) is 0 Å². The Hall–Kier alpha value is -4.08. The number of piperidine rings is 2. The minimum Gasteiger partial charge on any atom is -0.342 e. The summed E-state index contributed by atoms with van der Waals surface area (Å²) in [5.74, 6) is -0.668. The Labute approximate surface area is 231 Å². The molecule has 40 heavy (non-hydrogen) atoms. The Bertz CT molecular complexity index is 1600. The van der Waals surface area contributed by atoms with Crippen LogP contribution in [0.4, 0.5) is 5.69 Å². The fraction of sp³-hybridized carbons (Fsp3) is 0.467. The number of rotatable bonds is 5. The van der Waals surface area contributed by atoms with Gasteiger partial charge in [0.15, 0.2) is 0 Å². The SMILES string of the molecule is CC1(C(=O)N2CCC(C)(n3cc(Cc4ccc5c6c(cccc46)C(=O)N5C4CCC(=O)NC4=O)nn3)CC2)CC1. The van der Waals surface area contributed by atoms with Gasteiger partial charge in [0.2, 0.25) is 17.7 Å². The van der Waals surface area contributed by atoms with Gasteiger partial charge in [0, 0.05) is 48.5 Å². The van der Waals surface area contributed by atoms with Crippen LogP contribution >= 0.6 is 0 Å². The van der Waals surface area contributed by atoms with Crippen LogP contribution in [0.2, 0.25) is 0 Å². The second-order valence-electron chi connectivity index (χ2n) is 12.3. The summed E-state index contributed by atoms with van der Waals surface area (Å²) in [5.41, 5.74) is 2.77. The largest absolute Gasteiger partial charge is 0.342 e. The van der Waals surface area contributed by atoms with Gasteiger partial charge in [0.05, 0.1) is 16.9 Å². The Balaban J connectivity index is 1.12. The van der Waals surface area contributed by atoms with Crippen molar-refractivity contribution in [3.8, 4) is 0 Å². The Kier molecular flexibility index (Phi) is 5.43. The first kappa shape index (κ1) is 24.9. The average molecular weight is 541 g/mol. The van der Waals surface area contributed by atoms with Crippen molar-refractivity contribution in [3.63, 3.8) is 0 Å². The van der Waals surface area contributed by atoms with Crippen molar-refractivity contribution >= 4 is 40.1 Å². The predicted molar refractivity (Wildman–Crippen MR) is 147 cm³/mol. The molecule has 2 saturated heterocycles. The number of hydrogen-bond acceptors (Lipinski definition) is 6. The molecule has 2 aromatic carbocycles. The van der Waals surface area contributed by atoms with Gasteiger partial charge in [-0.25, -0.2) is 4.68 Å². The minimum absolute atomic E-state index is 0.142. The number of imide groups is 1. The molecule has 3 aromatic rings. The number of benzene rings is 2. The van der Waals surface area contributed by atoms with E-state index < -0.39 is 11.9 Å². The molecule has 10 heteroatoms. The van der Waals surface area contributed by atoms with Crippen LogP contribution in [0.25, 0.3) is 10.8 Å². The van der Waals surface area contributed by atoms with Crippen LogP contribution in [-0.2, 0) is 26.3 Å². The van der Waals surface area contributed by atoms with Gasteiger partial charge in [-0.1, -0.05) is 30.3 Å². The summed E-state index contributed by atoms with van der Waals surface area (Å²) in [6.45, 7) is 5.70. The highest BCUT2D eigenvalue weighted by molar-refractivity contribution is 6.27. The molecular weight excluding hydrogens is 508 g/mol. The molecule has 0 bridgehead atoms. The molecule has 4 aliphatic rings. The molecule has 7 rings (SSSR count). The summed E-state index contributed by atoms with van der Waals surface area (Å²) in [6.07, 6.45) is 6.71. The Morgan fingerprint density at radius 1 is 1.05 bits per heavy atom. The molecule has 206 valence electrons. The molecule has 0 spiro atoms. The molecular formula is C30H32N6O4. The zero-order valence-corrected chi connectivity index (χ0v) is 22.8. The number of carbonyl (C=O) groups excluding carboxylic acids is 4. The zero-order chi connectivity index (χ0) is 27.8. The van der Waals surface area contributed by atoms with Crippen LogP contribution < -0.4 is 10.2 Å². The van der Waals surface area contributed by atoms with Crippen molar-refractivity contribution in [1.82, 2.24) is 25.2 Å². The Morgan fingerprint density at radius 2 is 1.82 bits per heavy atom. The van der Waals surface area contributed by atoms with E-state index in [4.69, 9.17) is 0 Å². The Morgan fingerprint density at radius 3 is 2.55 bits per heavy atom. The van der Waals surface area contributed by atoms with Crippen molar-refractivity contribution in [2.45, 2.75) is 70.4 Å². The molecule has 1 aliphatic carbocycles. The molecule has 0 radical (unpaired) electrons. The third-order valence-corrected chi connectivity index (χ3v) is 9.45. The summed E-state index contributed by atoms with van der Waals surface area (Å²) in [7, 11) is 0. The van der Waals surface area contributed by atoms with Crippen molar-refractivity contribution in [2.24, 2.45) is 5.41 Å². The average Bonchev–Trinajstić information content (AvgIpc) is 3.40. The molecule has 1 atom stereocenters. The first-order chi connectivity index (χ1) is 19.2.